The molecule has 162 valence electrons. The van der Waals surface area contributed by atoms with Crippen molar-refractivity contribution >= 4 is 22.5 Å². The Morgan fingerprint density at radius 1 is 1.19 bits per heavy atom. The fourth-order valence-electron chi connectivity index (χ4n) is 4.40. The monoisotopic (exact) mass is 425 g/mol. The number of carbonyl (C=O) groups is 1. The molecule has 6 heteroatoms. The average Bonchev–Trinajstić information content (AvgIpc) is 3.37. The number of nitrogen functional groups attached to an aromatic ring is 1. The molecule has 1 aliphatic carbocycles. The molecule has 6 nitrogen and oxygen atoms in total. The Balaban J connectivity index is 1.38. The van der Waals surface area contributed by atoms with E-state index in [-0.39, 0.29) is 11.3 Å². The number of benzene rings is 2. The van der Waals surface area contributed by atoms with E-state index in [2.05, 4.69) is 35.3 Å². The summed E-state index contributed by atoms with van der Waals surface area (Å²) < 4.78 is 1.79. The van der Waals surface area contributed by atoms with Crippen LogP contribution in [0.4, 0.5) is 5.82 Å². The second-order valence-corrected chi connectivity index (χ2v) is 8.97. The minimum atomic E-state index is -0.120. The Labute approximate surface area is 187 Å². The van der Waals surface area contributed by atoms with E-state index in [9.17, 15) is 4.79 Å². The predicted octanol–water partition coefficient (Wildman–Crippen LogP) is 4.35. The number of fused-ring (bicyclic) bond motifs is 1. The first-order valence-electron chi connectivity index (χ1n) is 11.0. The third-order valence-corrected chi connectivity index (χ3v) is 6.65. The molecular weight excluding hydrogens is 398 g/mol. The zero-order valence-corrected chi connectivity index (χ0v) is 18.4. The summed E-state index contributed by atoms with van der Waals surface area (Å²) in [4.78, 5) is 17.2. The minimum absolute atomic E-state index is 0.120. The van der Waals surface area contributed by atoms with Crippen molar-refractivity contribution in [3.63, 3.8) is 0 Å². The zero-order valence-electron chi connectivity index (χ0n) is 18.4. The molecule has 0 saturated heterocycles. The molecule has 2 aromatic carbocycles. The number of pyridine rings is 1. The maximum Gasteiger partial charge on any atom is 0.254 e. The van der Waals surface area contributed by atoms with E-state index in [0.717, 1.165) is 34.7 Å². The highest BCUT2D eigenvalue weighted by Crippen LogP contribution is 2.50. The lowest BCUT2D eigenvalue weighted by Crippen LogP contribution is -2.24. The first kappa shape index (κ1) is 20.2. The average molecular weight is 426 g/mol. The molecule has 4 aromatic rings. The van der Waals surface area contributed by atoms with E-state index in [4.69, 9.17) is 5.73 Å². The molecule has 32 heavy (non-hydrogen) atoms. The van der Waals surface area contributed by atoms with Crippen LogP contribution in [0.15, 0.2) is 61.1 Å². The number of carbonyl (C=O) groups excluding carboxylic acids is 1. The highest BCUT2D eigenvalue weighted by molar-refractivity contribution is 5.96. The quantitative estimate of drug-likeness (QED) is 0.481. The minimum Gasteiger partial charge on any atom is -0.383 e. The summed E-state index contributed by atoms with van der Waals surface area (Å²) in [5, 5.41) is 9.55. The molecule has 0 aliphatic heterocycles. The van der Waals surface area contributed by atoms with Gasteiger partial charge in [-0.3, -0.25) is 9.48 Å². The fraction of sp³-hybridized carbons (Fsp3) is 0.269. The molecule has 1 amide bonds. The van der Waals surface area contributed by atoms with Gasteiger partial charge in [-0.25, -0.2) is 4.98 Å². The van der Waals surface area contributed by atoms with E-state index in [1.165, 1.54) is 11.1 Å². The molecule has 0 spiro atoms. The van der Waals surface area contributed by atoms with Crippen LogP contribution in [-0.4, -0.2) is 20.7 Å². The van der Waals surface area contributed by atoms with Gasteiger partial charge in [-0.05, 0) is 65.0 Å². The first-order valence-corrected chi connectivity index (χ1v) is 11.0. The van der Waals surface area contributed by atoms with Gasteiger partial charge in [-0.2, -0.15) is 5.10 Å². The van der Waals surface area contributed by atoms with Crippen LogP contribution in [-0.2, 0) is 18.5 Å². The van der Waals surface area contributed by atoms with Gasteiger partial charge in [0.2, 0.25) is 0 Å². The van der Waals surface area contributed by atoms with Gasteiger partial charge >= 0.3 is 0 Å². The van der Waals surface area contributed by atoms with Crippen LogP contribution in [0, 0.1) is 6.92 Å². The molecule has 0 radical (unpaired) electrons. The maximum absolute atomic E-state index is 12.9. The normalized spacial score (nSPS) is 14.4. The van der Waals surface area contributed by atoms with Crippen molar-refractivity contribution in [1.82, 2.24) is 20.1 Å². The lowest BCUT2D eigenvalue weighted by molar-refractivity contribution is 0.0950. The van der Waals surface area contributed by atoms with Crippen LogP contribution in [0.3, 0.4) is 0 Å². The van der Waals surface area contributed by atoms with Crippen molar-refractivity contribution in [2.75, 3.05) is 5.73 Å². The Bertz CT molecular complexity index is 1300. The number of nitrogens with one attached hydrogen (secondary N) is 1. The lowest BCUT2D eigenvalue weighted by Gasteiger charge is -2.21. The lowest BCUT2D eigenvalue weighted by atomic mass is 9.87. The number of aromatic nitrogens is 3. The van der Waals surface area contributed by atoms with Crippen molar-refractivity contribution in [3.05, 3.63) is 88.9 Å². The summed E-state index contributed by atoms with van der Waals surface area (Å²) in [5.41, 5.74) is 11.6. The molecule has 0 bridgehead atoms. The van der Waals surface area contributed by atoms with Gasteiger partial charge in [0, 0.05) is 24.3 Å². The van der Waals surface area contributed by atoms with E-state index >= 15 is 0 Å². The molecular formula is C26H27N5O. The van der Waals surface area contributed by atoms with Gasteiger partial charge < -0.3 is 11.1 Å². The highest BCUT2D eigenvalue weighted by Gasteiger charge is 2.41. The largest absolute Gasteiger partial charge is 0.383 e. The van der Waals surface area contributed by atoms with E-state index in [1.54, 1.807) is 23.3 Å². The summed E-state index contributed by atoms with van der Waals surface area (Å²) in [6, 6.07) is 14.3. The number of amides is 1. The van der Waals surface area contributed by atoms with Crippen molar-refractivity contribution in [3.8, 4) is 0 Å². The van der Waals surface area contributed by atoms with E-state index < -0.39 is 0 Å². The van der Waals surface area contributed by atoms with Crippen LogP contribution < -0.4 is 11.1 Å². The Hall–Kier alpha value is -3.67. The molecule has 2 heterocycles. The molecule has 2 aromatic heterocycles. The SMILES string of the molecule is Cc1c(CNC(=O)c2cnn(Cc3ccccc3)c2)c(C2(C)CC2)cc2c(N)nccc12. The van der Waals surface area contributed by atoms with Gasteiger partial charge in [0.1, 0.15) is 5.82 Å². The zero-order chi connectivity index (χ0) is 22.3. The number of hydrogen-bond acceptors (Lipinski definition) is 4. The molecule has 1 fully saturated rings. The third kappa shape index (κ3) is 3.73. The summed E-state index contributed by atoms with van der Waals surface area (Å²) in [7, 11) is 0. The number of hydrogen-bond donors (Lipinski definition) is 2. The van der Waals surface area contributed by atoms with Crippen LogP contribution in [0.5, 0.6) is 0 Å². The number of aryl methyl sites for hydroxylation is 1. The van der Waals surface area contributed by atoms with Crippen LogP contribution >= 0.6 is 0 Å². The smallest absolute Gasteiger partial charge is 0.254 e. The Morgan fingerprint density at radius 3 is 2.72 bits per heavy atom. The molecule has 0 unspecified atom stereocenters. The summed E-state index contributed by atoms with van der Waals surface area (Å²) >= 11 is 0. The first-order chi connectivity index (χ1) is 15.4. The Kier molecular flexibility index (Phi) is 4.93. The van der Waals surface area contributed by atoms with Gasteiger partial charge in [0.05, 0.1) is 18.3 Å². The number of nitrogens with zero attached hydrogens (tertiary/aromatic N) is 3. The van der Waals surface area contributed by atoms with Gasteiger partial charge in [-0.15, -0.1) is 0 Å². The van der Waals surface area contributed by atoms with E-state index in [0.29, 0.717) is 24.5 Å². The second kappa shape index (κ2) is 7.79. The Morgan fingerprint density at radius 2 is 1.97 bits per heavy atom. The number of nitrogens with two attached hydrogens (primary N) is 1. The standard InChI is InChI=1S/C26H27N5O/c1-17-20-8-11-28-24(27)21(20)12-23(26(2)9-10-26)22(17)14-29-25(32)19-13-30-31(16-19)15-18-6-4-3-5-7-18/h3-8,11-13,16H,9-10,14-15H2,1-2H3,(H2,27,28)(H,29,32). The predicted molar refractivity (Wildman–Crippen MR) is 126 cm³/mol. The number of anilines is 1. The third-order valence-electron chi connectivity index (χ3n) is 6.65. The van der Waals surface area contributed by atoms with Crippen molar-refractivity contribution < 1.29 is 4.79 Å². The van der Waals surface area contributed by atoms with E-state index in [1.807, 2.05) is 36.4 Å². The second-order valence-electron chi connectivity index (χ2n) is 8.97. The van der Waals surface area contributed by atoms with Crippen molar-refractivity contribution in [1.29, 1.82) is 0 Å². The highest BCUT2D eigenvalue weighted by atomic mass is 16.1. The molecule has 1 saturated carbocycles. The summed E-state index contributed by atoms with van der Waals surface area (Å²) in [6.07, 6.45) is 7.45. The van der Waals surface area contributed by atoms with Crippen molar-refractivity contribution in [2.45, 2.75) is 45.2 Å². The van der Waals surface area contributed by atoms with Gasteiger partial charge in [0.25, 0.3) is 5.91 Å². The van der Waals surface area contributed by atoms with Crippen LogP contribution in [0.2, 0.25) is 0 Å². The van der Waals surface area contributed by atoms with Gasteiger partial charge in [-0.1, -0.05) is 37.3 Å². The van der Waals surface area contributed by atoms with Crippen molar-refractivity contribution in [2.24, 2.45) is 0 Å². The number of rotatable bonds is 6. The molecule has 1 aliphatic rings. The maximum atomic E-state index is 12.9. The fourth-order valence-corrected chi connectivity index (χ4v) is 4.40. The molecule has 5 rings (SSSR count). The van der Waals surface area contributed by atoms with Crippen LogP contribution in [0.25, 0.3) is 10.8 Å². The van der Waals surface area contributed by atoms with Gasteiger partial charge in [0.15, 0.2) is 0 Å². The topological polar surface area (TPSA) is 85.8 Å². The summed E-state index contributed by atoms with van der Waals surface area (Å²) in [5.74, 6) is 0.433. The summed E-state index contributed by atoms with van der Waals surface area (Å²) in [6.45, 7) is 5.49. The molecule has 3 N–H and O–H groups in total. The van der Waals surface area contributed by atoms with Crippen LogP contribution in [0.1, 0.15) is 52.4 Å². The molecule has 0 atom stereocenters.